The first-order chi connectivity index (χ1) is 18.3. The van der Waals surface area contributed by atoms with Gasteiger partial charge < -0.3 is 9.47 Å². The van der Waals surface area contributed by atoms with Crippen molar-refractivity contribution >= 4 is 5.97 Å². The number of unbranched alkanes of at least 4 members (excludes halogenated alkanes) is 15. The Morgan fingerprint density at radius 1 is 0.622 bits per heavy atom. The molecule has 0 spiro atoms. The van der Waals surface area contributed by atoms with Crippen LogP contribution in [0.15, 0.2) is 48.5 Å². The third-order valence-electron chi connectivity index (χ3n) is 8.00. The number of fused-ring (bicyclic) bond motifs is 3. The zero-order valence-electron chi connectivity index (χ0n) is 23.6. The summed E-state index contributed by atoms with van der Waals surface area (Å²) in [6.07, 6.45) is 21.4. The Morgan fingerprint density at radius 3 is 1.46 bits per heavy atom. The average Bonchev–Trinajstić information content (AvgIpc) is 3.21. The van der Waals surface area contributed by atoms with Gasteiger partial charge in [-0.1, -0.05) is 152 Å². The van der Waals surface area contributed by atoms with Gasteiger partial charge in [-0.25, -0.2) is 0 Å². The molecule has 204 valence electrons. The van der Waals surface area contributed by atoms with Gasteiger partial charge in [-0.3, -0.25) is 4.79 Å². The van der Waals surface area contributed by atoms with E-state index in [1.807, 2.05) is 36.4 Å². The van der Waals surface area contributed by atoms with Gasteiger partial charge in [-0.05, 0) is 28.7 Å². The zero-order valence-corrected chi connectivity index (χ0v) is 23.6. The number of ether oxygens (including phenoxy) is 2. The highest BCUT2D eigenvalue weighted by molar-refractivity contribution is 5.98. The number of esters is 1. The quantitative estimate of drug-likeness (QED) is 0.132. The maximum absolute atomic E-state index is 13.5. The molecule has 2 aromatic rings. The van der Waals surface area contributed by atoms with E-state index in [2.05, 4.69) is 19.1 Å². The molecule has 0 radical (unpaired) electrons. The molecule has 0 N–H and O–H groups in total. The van der Waals surface area contributed by atoms with E-state index in [1.54, 1.807) is 7.11 Å². The van der Waals surface area contributed by atoms with Crippen LogP contribution in [0.4, 0.5) is 0 Å². The van der Waals surface area contributed by atoms with Gasteiger partial charge in [0.2, 0.25) is 0 Å². The fourth-order valence-electron chi connectivity index (χ4n) is 5.91. The van der Waals surface area contributed by atoms with Crippen molar-refractivity contribution in [3.8, 4) is 11.1 Å². The summed E-state index contributed by atoms with van der Waals surface area (Å²) in [5.74, 6) is -0.187. The molecule has 3 nitrogen and oxygen atoms in total. The molecule has 3 heteroatoms. The van der Waals surface area contributed by atoms with Crippen LogP contribution in [0.3, 0.4) is 0 Å². The van der Waals surface area contributed by atoms with Gasteiger partial charge in [-0.2, -0.15) is 0 Å². The Balaban J connectivity index is 1.29. The lowest BCUT2D eigenvalue weighted by molar-refractivity contribution is -0.151. The number of hydrogen-bond acceptors (Lipinski definition) is 3. The van der Waals surface area contributed by atoms with Crippen LogP contribution in [0.2, 0.25) is 0 Å². The standard InChI is InChI=1S/C34H50O3/c1-3-4-5-6-7-8-9-10-11-12-13-14-15-16-17-22-27-37-33(35)34(28-36-2)31-25-20-18-23-29(31)30-24-19-21-26-32(30)34/h18-21,23-26H,3-17,22,27-28H2,1-2H3. The van der Waals surface area contributed by atoms with Crippen molar-refractivity contribution < 1.29 is 14.3 Å². The highest BCUT2D eigenvalue weighted by Crippen LogP contribution is 2.49. The van der Waals surface area contributed by atoms with E-state index in [1.165, 1.54) is 89.9 Å². The number of carbonyl (C=O) groups is 1. The maximum Gasteiger partial charge on any atom is 0.323 e. The number of hydrogen-bond donors (Lipinski definition) is 0. The lowest BCUT2D eigenvalue weighted by Gasteiger charge is -2.29. The zero-order chi connectivity index (χ0) is 26.2. The van der Waals surface area contributed by atoms with Gasteiger partial charge in [0.05, 0.1) is 13.2 Å². The minimum absolute atomic E-state index is 0.187. The third kappa shape index (κ3) is 8.18. The summed E-state index contributed by atoms with van der Waals surface area (Å²) in [5.41, 5.74) is 3.32. The van der Waals surface area contributed by atoms with Crippen molar-refractivity contribution in [1.29, 1.82) is 0 Å². The summed E-state index contributed by atoms with van der Waals surface area (Å²) in [7, 11) is 1.66. The normalized spacial score (nSPS) is 13.4. The molecule has 0 fully saturated rings. The van der Waals surface area contributed by atoms with Crippen molar-refractivity contribution in [2.45, 2.75) is 115 Å². The van der Waals surface area contributed by atoms with Crippen LogP contribution < -0.4 is 0 Å². The van der Waals surface area contributed by atoms with E-state index in [0.717, 1.165) is 35.1 Å². The minimum Gasteiger partial charge on any atom is -0.465 e. The van der Waals surface area contributed by atoms with Crippen molar-refractivity contribution in [3.05, 3.63) is 59.7 Å². The Bertz CT molecular complexity index is 873. The second-order valence-corrected chi connectivity index (χ2v) is 10.9. The van der Waals surface area contributed by atoms with Crippen LogP contribution in [-0.2, 0) is 19.7 Å². The number of benzene rings is 2. The number of carbonyl (C=O) groups excluding carboxylic acids is 1. The van der Waals surface area contributed by atoms with Crippen molar-refractivity contribution in [2.75, 3.05) is 20.3 Å². The van der Waals surface area contributed by atoms with Crippen molar-refractivity contribution in [3.63, 3.8) is 0 Å². The van der Waals surface area contributed by atoms with Gasteiger partial charge in [0, 0.05) is 7.11 Å². The van der Waals surface area contributed by atoms with Crippen LogP contribution in [0.5, 0.6) is 0 Å². The molecule has 0 aliphatic heterocycles. The molecule has 0 saturated heterocycles. The first-order valence-electron chi connectivity index (χ1n) is 15.1. The fourth-order valence-corrected chi connectivity index (χ4v) is 5.91. The Kier molecular flexibility index (Phi) is 13.2. The molecule has 0 unspecified atom stereocenters. The SMILES string of the molecule is CCCCCCCCCCCCCCCCCCOC(=O)C1(COC)c2ccccc2-c2ccccc21. The second-order valence-electron chi connectivity index (χ2n) is 10.9. The lowest BCUT2D eigenvalue weighted by Crippen LogP contribution is -2.41. The smallest absolute Gasteiger partial charge is 0.323 e. The average molecular weight is 507 g/mol. The maximum atomic E-state index is 13.5. The summed E-state index contributed by atoms with van der Waals surface area (Å²) in [6, 6.07) is 16.3. The molecule has 1 aliphatic rings. The molecule has 1 aliphatic carbocycles. The summed E-state index contributed by atoms with van der Waals surface area (Å²) in [5, 5.41) is 0. The van der Waals surface area contributed by atoms with Crippen LogP contribution in [-0.4, -0.2) is 26.3 Å². The van der Waals surface area contributed by atoms with Crippen LogP contribution in [0.1, 0.15) is 121 Å². The predicted molar refractivity (Wildman–Crippen MR) is 155 cm³/mol. The molecule has 37 heavy (non-hydrogen) atoms. The summed E-state index contributed by atoms with van der Waals surface area (Å²) < 4.78 is 11.5. The van der Waals surface area contributed by atoms with Gasteiger partial charge >= 0.3 is 5.97 Å². The van der Waals surface area contributed by atoms with Gasteiger partial charge in [0.1, 0.15) is 5.41 Å². The first kappa shape index (κ1) is 29.4. The van der Waals surface area contributed by atoms with Crippen LogP contribution in [0.25, 0.3) is 11.1 Å². The van der Waals surface area contributed by atoms with Crippen LogP contribution in [0, 0.1) is 0 Å². The molecular weight excluding hydrogens is 456 g/mol. The predicted octanol–water partition coefficient (Wildman–Crippen LogP) is 9.40. The molecule has 2 aromatic carbocycles. The monoisotopic (exact) mass is 506 g/mol. The minimum atomic E-state index is -0.878. The van der Waals surface area contributed by atoms with Gasteiger partial charge in [0.15, 0.2) is 0 Å². The van der Waals surface area contributed by atoms with E-state index >= 15 is 0 Å². The first-order valence-corrected chi connectivity index (χ1v) is 15.1. The number of rotatable bonds is 20. The lowest BCUT2D eigenvalue weighted by atomic mass is 9.79. The molecule has 0 amide bonds. The molecule has 0 aromatic heterocycles. The van der Waals surface area contributed by atoms with E-state index in [-0.39, 0.29) is 5.97 Å². The van der Waals surface area contributed by atoms with Crippen molar-refractivity contribution in [1.82, 2.24) is 0 Å². The summed E-state index contributed by atoms with van der Waals surface area (Å²) in [4.78, 5) is 13.5. The highest BCUT2D eigenvalue weighted by atomic mass is 16.5. The Labute approximate surface area is 226 Å². The fraction of sp³-hybridized carbons (Fsp3) is 0.618. The largest absolute Gasteiger partial charge is 0.465 e. The number of methoxy groups -OCH3 is 1. The summed E-state index contributed by atoms with van der Waals surface area (Å²) >= 11 is 0. The van der Waals surface area contributed by atoms with Crippen molar-refractivity contribution in [2.24, 2.45) is 0 Å². The van der Waals surface area contributed by atoms with Gasteiger partial charge in [-0.15, -0.1) is 0 Å². The second kappa shape index (κ2) is 16.7. The Morgan fingerprint density at radius 2 is 1.03 bits per heavy atom. The van der Waals surface area contributed by atoms with E-state index < -0.39 is 5.41 Å². The third-order valence-corrected chi connectivity index (χ3v) is 8.00. The van der Waals surface area contributed by atoms with E-state index in [0.29, 0.717) is 13.2 Å². The summed E-state index contributed by atoms with van der Waals surface area (Å²) in [6.45, 7) is 3.05. The Hall–Kier alpha value is -2.13. The molecule has 0 saturated carbocycles. The van der Waals surface area contributed by atoms with E-state index in [4.69, 9.17) is 9.47 Å². The highest BCUT2D eigenvalue weighted by Gasteiger charge is 2.50. The van der Waals surface area contributed by atoms with Crippen LogP contribution >= 0.6 is 0 Å². The topological polar surface area (TPSA) is 35.5 Å². The van der Waals surface area contributed by atoms with Gasteiger partial charge in [0.25, 0.3) is 0 Å². The molecular formula is C34H50O3. The molecule has 0 atom stereocenters. The molecule has 0 bridgehead atoms. The molecule has 3 rings (SSSR count). The molecule has 0 heterocycles. The van der Waals surface area contributed by atoms with E-state index in [9.17, 15) is 4.79 Å².